The van der Waals surface area contributed by atoms with E-state index >= 15 is 0 Å². The molecule has 0 aliphatic rings. The van der Waals surface area contributed by atoms with Gasteiger partial charge in [0.2, 0.25) is 0 Å². The fourth-order valence-corrected chi connectivity index (χ4v) is 1.48. The number of rotatable bonds is 5. The summed E-state index contributed by atoms with van der Waals surface area (Å²) in [5.41, 5.74) is 6.80. The normalized spacial score (nSPS) is 10.7. The average molecular weight is 208 g/mol. The quantitative estimate of drug-likeness (QED) is 0.785. The van der Waals surface area contributed by atoms with Crippen LogP contribution in [0.2, 0.25) is 0 Å². The number of nitrogens with zero attached hydrogens (tertiary/aromatic N) is 3. The molecule has 0 aromatic carbocycles. The molecule has 4 nitrogen and oxygen atoms in total. The van der Waals surface area contributed by atoms with E-state index in [1.807, 2.05) is 19.2 Å². The van der Waals surface area contributed by atoms with E-state index < -0.39 is 0 Å². The zero-order valence-electron chi connectivity index (χ0n) is 9.77. The first kappa shape index (κ1) is 11.8. The first-order valence-corrected chi connectivity index (χ1v) is 5.17. The van der Waals surface area contributed by atoms with Crippen LogP contribution >= 0.6 is 0 Å². The summed E-state index contributed by atoms with van der Waals surface area (Å²) in [6.07, 6.45) is 2.84. The first-order chi connectivity index (χ1) is 7.11. The fourth-order valence-electron chi connectivity index (χ4n) is 1.48. The van der Waals surface area contributed by atoms with Crippen LogP contribution in [0.4, 0.5) is 11.5 Å². The summed E-state index contributed by atoms with van der Waals surface area (Å²) in [5.74, 6) is 0.602. The summed E-state index contributed by atoms with van der Waals surface area (Å²) >= 11 is 0. The topological polar surface area (TPSA) is 45.4 Å². The van der Waals surface area contributed by atoms with Crippen molar-refractivity contribution in [1.29, 1.82) is 0 Å². The Morgan fingerprint density at radius 3 is 2.60 bits per heavy atom. The summed E-state index contributed by atoms with van der Waals surface area (Å²) in [7, 11) is 6.21. The SMILES string of the molecule is CN(C)CCCN(C)c1cccnc1N. The lowest BCUT2D eigenvalue weighted by molar-refractivity contribution is 0.401. The molecule has 0 radical (unpaired) electrons. The van der Waals surface area contributed by atoms with E-state index in [4.69, 9.17) is 5.73 Å². The molecule has 0 aliphatic carbocycles. The van der Waals surface area contributed by atoms with Crippen LogP contribution in [-0.4, -0.2) is 44.1 Å². The highest BCUT2D eigenvalue weighted by atomic mass is 15.1. The minimum atomic E-state index is 0.602. The second-order valence-electron chi connectivity index (χ2n) is 3.99. The van der Waals surface area contributed by atoms with Gasteiger partial charge in [-0.3, -0.25) is 0 Å². The minimum absolute atomic E-state index is 0.602. The number of nitrogens with two attached hydrogens (primary N) is 1. The van der Waals surface area contributed by atoms with Crippen LogP contribution in [0, 0.1) is 0 Å². The Hall–Kier alpha value is -1.29. The zero-order chi connectivity index (χ0) is 11.3. The molecule has 0 bridgehead atoms. The van der Waals surface area contributed by atoms with Crippen molar-refractivity contribution in [2.75, 3.05) is 44.9 Å². The van der Waals surface area contributed by atoms with Crippen molar-refractivity contribution in [3.05, 3.63) is 18.3 Å². The number of anilines is 2. The molecule has 1 aromatic rings. The summed E-state index contributed by atoms with van der Waals surface area (Å²) in [6, 6.07) is 3.91. The monoisotopic (exact) mass is 208 g/mol. The molecule has 1 rings (SSSR count). The van der Waals surface area contributed by atoms with Crippen molar-refractivity contribution in [3.63, 3.8) is 0 Å². The molecule has 2 N–H and O–H groups in total. The lowest BCUT2D eigenvalue weighted by atomic mass is 10.3. The van der Waals surface area contributed by atoms with Crippen LogP contribution in [0.25, 0.3) is 0 Å². The van der Waals surface area contributed by atoms with Gasteiger partial charge in [0.25, 0.3) is 0 Å². The second-order valence-corrected chi connectivity index (χ2v) is 3.99. The molecule has 0 unspecified atom stereocenters. The molecule has 15 heavy (non-hydrogen) atoms. The molecule has 84 valence electrons. The van der Waals surface area contributed by atoms with Crippen molar-refractivity contribution < 1.29 is 0 Å². The Bertz CT molecular complexity index is 298. The van der Waals surface area contributed by atoms with Crippen LogP contribution in [0.3, 0.4) is 0 Å². The number of pyridine rings is 1. The highest BCUT2D eigenvalue weighted by Gasteiger charge is 2.04. The van der Waals surface area contributed by atoms with Gasteiger partial charge in [-0.05, 0) is 39.2 Å². The Morgan fingerprint density at radius 2 is 2.00 bits per heavy atom. The number of nitrogen functional groups attached to an aromatic ring is 1. The van der Waals surface area contributed by atoms with Gasteiger partial charge in [0.15, 0.2) is 0 Å². The molecule has 0 saturated carbocycles. The van der Waals surface area contributed by atoms with Gasteiger partial charge in [-0.15, -0.1) is 0 Å². The number of hydrogen-bond donors (Lipinski definition) is 1. The lowest BCUT2D eigenvalue weighted by Crippen LogP contribution is -2.24. The van der Waals surface area contributed by atoms with Gasteiger partial charge >= 0.3 is 0 Å². The molecule has 0 saturated heterocycles. The van der Waals surface area contributed by atoms with Crippen molar-refractivity contribution in [2.24, 2.45) is 0 Å². The van der Waals surface area contributed by atoms with E-state index in [2.05, 4.69) is 28.9 Å². The number of hydrogen-bond acceptors (Lipinski definition) is 4. The third kappa shape index (κ3) is 3.75. The van der Waals surface area contributed by atoms with Gasteiger partial charge in [0.05, 0.1) is 5.69 Å². The molecule has 1 heterocycles. The van der Waals surface area contributed by atoms with Gasteiger partial charge in [0.1, 0.15) is 5.82 Å². The maximum Gasteiger partial charge on any atom is 0.146 e. The van der Waals surface area contributed by atoms with Crippen LogP contribution in [0.1, 0.15) is 6.42 Å². The molecule has 4 heteroatoms. The summed E-state index contributed by atoms with van der Waals surface area (Å²) in [6.45, 7) is 2.08. The van der Waals surface area contributed by atoms with E-state index in [1.165, 1.54) is 0 Å². The van der Waals surface area contributed by atoms with E-state index in [9.17, 15) is 0 Å². The molecule has 0 spiro atoms. The second kappa shape index (κ2) is 5.56. The zero-order valence-corrected chi connectivity index (χ0v) is 9.77. The van der Waals surface area contributed by atoms with Crippen molar-refractivity contribution in [3.8, 4) is 0 Å². The average Bonchev–Trinajstić information content (AvgIpc) is 2.17. The molecular weight excluding hydrogens is 188 g/mol. The van der Waals surface area contributed by atoms with E-state index in [-0.39, 0.29) is 0 Å². The first-order valence-electron chi connectivity index (χ1n) is 5.17. The van der Waals surface area contributed by atoms with Crippen molar-refractivity contribution in [2.45, 2.75) is 6.42 Å². The van der Waals surface area contributed by atoms with E-state index in [0.29, 0.717) is 5.82 Å². The van der Waals surface area contributed by atoms with Crippen LogP contribution in [0.15, 0.2) is 18.3 Å². The van der Waals surface area contributed by atoms with Gasteiger partial charge in [-0.1, -0.05) is 0 Å². The number of aromatic nitrogens is 1. The molecule has 0 atom stereocenters. The molecule has 0 aliphatic heterocycles. The summed E-state index contributed by atoms with van der Waals surface area (Å²) < 4.78 is 0. The predicted molar refractivity (Wildman–Crippen MR) is 65.1 cm³/mol. The van der Waals surface area contributed by atoms with E-state index in [1.54, 1.807) is 6.20 Å². The molecular formula is C11H20N4. The van der Waals surface area contributed by atoms with Crippen molar-refractivity contribution in [1.82, 2.24) is 9.88 Å². The summed E-state index contributed by atoms with van der Waals surface area (Å²) in [5, 5.41) is 0. The van der Waals surface area contributed by atoms with E-state index in [0.717, 1.165) is 25.2 Å². The molecule has 0 amide bonds. The third-order valence-corrected chi connectivity index (χ3v) is 2.33. The highest BCUT2D eigenvalue weighted by Crippen LogP contribution is 2.18. The third-order valence-electron chi connectivity index (χ3n) is 2.33. The van der Waals surface area contributed by atoms with Crippen molar-refractivity contribution >= 4 is 11.5 Å². The maximum absolute atomic E-state index is 5.79. The maximum atomic E-state index is 5.79. The summed E-state index contributed by atoms with van der Waals surface area (Å²) in [4.78, 5) is 8.39. The Labute approximate surface area is 91.7 Å². The Balaban J connectivity index is 2.47. The van der Waals surface area contributed by atoms with Crippen LogP contribution < -0.4 is 10.6 Å². The fraction of sp³-hybridized carbons (Fsp3) is 0.545. The Kier molecular flexibility index (Phi) is 4.37. The predicted octanol–water partition coefficient (Wildman–Crippen LogP) is 1.05. The smallest absolute Gasteiger partial charge is 0.146 e. The largest absolute Gasteiger partial charge is 0.382 e. The lowest BCUT2D eigenvalue weighted by Gasteiger charge is -2.21. The minimum Gasteiger partial charge on any atom is -0.382 e. The van der Waals surface area contributed by atoms with Crippen LogP contribution in [0.5, 0.6) is 0 Å². The molecule has 0 fully saturated rings. The highest BCUT2D eigenvalue weighted by molar-refractivity contribution is 5.62. The van der Waals surface area contributed by atoms with Gasteiger partial charge in [0, 0.05) is 19.8 Å². The Morgan fingerprint density at radius 1 is 1.27 bits per heavy atom. The van der Waals surface area contributed by atoms with Crippen LogP contribution in [-0.2, 0) is 0 Å². The molecule has 1 aromatic heterocycles. The van der Waals surface area contributed by atoms with Gasteiger partial charge < -0.3 is 15.5 Å². The van der Waals surface area contributed by atoms with Gasteiger partial charge in [-0.2, -0.15) is 0 Å². The van der Waals surface area contributed by atoms with Gasteiger partial charge in [-0.25, -0.2) is 4.98 Å². The standard InChI is InChI=1S/C11H20N4/c1-14(2)8-5-9-15(3)10-6-4-7-13-11(10)12/h4,6-7H,5,8-9H2,1-3H3,(H2,12,13).